The maximum Gasteiger partial charge on any atom is 0.416 e. The fourth-order valence-corrected chi connectivity index (χ4v) is 6.56. The van der Waals surface area contributed by atoms with Crippen LogP contribution in [0.3, 0.4) is 0 Å². The van der Waals surface area contributed by atoms with Gasteiger partial charge in [-0.1, -0.05) is 6.42 Å². The molecular weight excluding hydrogens is 548 g/mol. The summed E-state index contributed by atoms with van der Waals surface area (Å²) in [5.74, 6) is 0.542. The van der Waals surface area contributed by atoms with Crippen molar-refractivity contribution in [3.63, 3.8) is 0 Å². The van der Waals surface area contributed by atoms with Gasteiger partial charge in [0.05, 0.1) is 27.9 Å². The highest BCUT2D eigenvalue weighted by atomic mass is 79.9. The number of thiophene rings is 1. The smallest absolute Gasteiger partial charge is 0.416 e. The van der Waals surface area contributed by atoms with E-state index < -0.39 is 17.7 Å². The average molecular weight is 572 g/mol. The zero-order chi connectivity index (χ0) is 24.6. The SMILES string of the molecule is CC(C)(C)OC(=O)N(Cc1ccco1)c1nc(Cl)nc2c(Br)c([C@H]3CCCC[C@@H]3[N+](=O)[O-])sc12. The number of amides is 1. The molecule has 3 aromatic heterocycles. The van der Waals surface area contributed by atoms with Crippen molar-refractivity contribution in [2.45, 2.75) is 70.6 Å². The number of hydrogen-bond donors (Lipinski definition) is 0. The van der Waals surface area contributed by atoms with E-state index in [1.807, 2.05) is 0 Å². The van der Waals surface area contributed by atoms with Crippen molar-refractivity contribution < 1.29 is 18.9 Å². The summed E-state index contributed by atoms with van der Waals surface area (Å²) in [7, 11) is 0. The number of ether oxygens (including phenoxy) is 1. The van der Waals surface area contributed by atoms with E-state index in [0.29, 0.717) is 33.3 Å². The number of halogens is 2. The van der Waals surface area contributed by atoms with E-state index >= 15 is 0 Å². The van der Waals surface area contributed by atoms with Crippen molar-refractivity contribution in [1.82, 2.24) is 9.97 Å². The predicted octanol–water partition coefficient (Wildman–Crippen LogP) is 6.94. The molecule has 0 radical (unpaired) electrons. The van der Waals surface area contributed by atoms with E-state index in [0.717, 1.165) is 17.7 Å². The molecule has 0 N–H and O–H groups in total. The molecular formula is C22H24BrClN4O5S. The van der Waals surface area contributed by atoms with Gasteiger partial charge in [-0.3, -0.25) is 15.0 Å². The second-order valence-corrected chi connectivity index (χ2v) is 11.3. The molecule has 0 saturated heterocycles. The van der Waals surface area contributed by atoms with Crippen LogP contribution in [0.15, 0.2) is 27.3 Å². The number of nitro groups is 1. The molecule has 1 saturated carbocycles. The van der Waals surface area contributed by atoms with Crippen LogP contribution < -0.4 is 4.90 Å². The third-order valence-corrected chi connectivity index (χ3v) is 8.10. The lowest BCUT2D eigenvalue weighted by atomic mass is 9.84. The Morgan fingerprint density at radius 1 is 1.38 bits per heavy atom. The lowest BCUT2D eigenvalue weighted by Gasteiger charge is -2.26. The average Bonchev–Trinajstić information content (AvgIpc) is 3.38. The summed E-state index contributed by atoms with van der Waals surface area (Å²) < 4.78 is 12.4. The number of nitrogens with zero attached hydrogens (tertiary/aromatic N) is 4. The van der Waals surface area contributed by atoms with Gasteiger partial charge in [0, 0.05) is 16.2 Å². The third kappa shape index (κ3) is 5.21. The molecule has 1 aliphatic rings. The number of rotatable bonds is 5. The fourth-order valence-electron chi connectivity index (χ4n) is 4.12. The van der Waals surface area contributed by atoms with Crippen LogP contribution in [-0.2, 0) is 11.3 Å². The number of hydrogen-bond acceptors (Lipinski definition) is 8. The molecule has 4 rings (SSSR count). The van der Waals surface area contributed by atoms with Crippen molar-refractivity contribution in [1.29, 1.82) is 0 Å². The Labute approximate surface area is 213 Å². The van der Waals surface area contributed by atoms with Gasteiger partial charge in [0.25, 0.3) is 0 Å². The van der Waals surface area contributed by atoms with Crippen molar-refractivity contribution in [3.05, 3.63) is 48.9 Å². The van der Waals surface area contributed by atoms with Gasteiger partial charge in [-0.25, -0.2) is 9.78 Å². The van der Waals surface area contributed by atoms with E-state index in [1.54, 1.807) is 32.9 Å². The lowest BCUT2D eigenvalue weighted by molar-refractivity contribution is -0.529. The van der Waals surface area contributed by atoms with E-state index in [1.165, 1.54) is 22.5 Å². The first-order chi connectivity index (χ1) is 16.0. The summed E-state index contributed by atoms with van der Waals surface area (Å²) in [6.45, 7) is 5.40. The Bertz CT molecular complexity index is 1210. The van der Waals surface area contributed by atoms with E-state index in [9.17, 15) is 14.9 Å². The Kier molecular flexibility index (Phi) is 7.16. The van der Waals surface area contributed by atoms with Gasteiger partial charge in [0.15, 0.2) is 5.82 Å². The van der Waals surface area contributed by atoms with Gasteiger partial charge >= 0.3 is 6.09 Å². The van der Waals surface area contributed by atoms with Crippen LogP contribution in [0.1, 0.15) is 63.0 Å². The molecule has 1 aliphatic carbocycles. The number of carbonyl (C=O) groups excluding carboxylic acids is 1. The molecule has 0 aromatic carbocycles. The number of carbonyl (C=O) groups is 1. The number of fused-ring (bicyclic) bond motifs is 1. The Morgan fingerprint density at radius 3 is 2.76 bits per heavy atom. The maximum absolute atomic E-state index is 13.2. The van der Waals surface area contributed by atoms with E-state index in [2.05, 4.69) is 25.9 Å². The molecule has 3 heterocycles. The molecule has 0 aliphatic heterocycles. The molecule has 3 aromatic rings. The zero-order valence-corrected chi connectivity index (χ0v) is 22.1. The molecule has 2 atom stereocenters. The first-order valence-corrected chi connectivity index (χ1v) is 12.9. The normalized spacial score (nSPS) is 18.7. The number of anilines is 1. The van der Waals surface area contributed by atoms with Crippen LogP contribution in [0.2, 0.25) is 5.28 Å². The van der Waals surface area contributed by atoms with Crippen molar-refractivity contribution in [3.8, 4) is 0 Å². The quantitative estimate of drug-likeness (QED) is 0.185. The minimum atomic E-state index is -0.739. The van der Waals surface area contributed by atoms with Crippen molar-refractivity contribution in [2.24, 2.45) is 0 Å². The summed E-state index contributed by atoms with van der Waals surface area (Å²) in [6, 6.07) is 2.80. The lowest BCUT2D eigenvalue weighted by Crippen LogP contribution is -2.37. The van der Waals surface area contributed by atoms with Gasteiger partial charge in [0.1, 0.15) is 16.9 Å². The van der Waals surface area contributed by atoms with Gasteiger partial charge < -0.3 is 9.15 Å². The highest BCUT2D eigenvalue weighted by Crippen LogP contribution is 2.47. The van der Waals surface area contributed by atoms with Crippen LogP contribution in [0.5, 0.6) is 0 Å². The van der Waals surface area contributed by atoms with Crippen LogP contribution >= 0.6 is 38.9 Å². The summed E-state index contributed by atoms with van der Waals surface area (Å²) in [5, 5.41) is 11.7. The highest BCUT2D eigenvalue weighted by molar-refractivity contribution is 9.10. The zero-order valence-electron chi connectivity index (χ0n) is 18.9. The fraction of sp³-hybridized carbons (Fsp3) is 0.500. The minimum absolute atomic E-state index is 0.0463. The molecule has 34 heavy (non-hydrogen) atoms. The van der Waals surface area contributed by atoms with Gasteiger partial charge in [-0.2, -0.15) is 4.98 Å². The third-order valence-electron chi connectivity index (χ3n) is 5.56. The predicted molar refractivity (Wildman–Crippen MR) is 133 cm³/mol. The van der Waals surface area contributed by atoms with Gasteiger partial charge in [-0.15, -0.1) is 11.3 Å². The number of furan rings is 1. The molecule has 0 bridgehead atoms. The summed E-state index contributed by atoms with van der Waals surface area (Å²) >= 11 is 11.2. The molecule has 1 fully saturated rings. The molecule has 9 nitrogen and oxygen atoms in total. The van der Waals surface area contributed by atoms with Crippen molar-refractivity contribution in [2.75, 3.05) is 4.90 Å². The maximum atomic E-state index is 13.2. The largest absolute Gasteiger partial charge is 0.467 e. The van der Waals surface area contributed by atoms with E-state index in [-0.39, 0.29) is 28.5 Å². The van der Waals surface area contributed by atoms with Crippen molar-refractivity contribution >= 4 is 61.0 Å². The standard InChI is InChI=1S/C22H24BrClN4O5S/c1-22(2,3)33-21(29)27(11-12-7-6-10-32-12)19-18-16(25-20(24)26-19)15(23)17(34-18)13-8-4-5-9-14(13)28(30)31/h6-7,10,13-14H,4-5,8-9,11H2,1-3H3/t13-,14-/m0/s1. The molecule has 12 heteroatoms. The van der Waals surface area contributed by atoms with E-state index in [4.69, 9.17) is 20.8 Å². The number of aromatic nitrogens is 2. The second kappa shape index (κ2) is 9.79. The Balaban J connectivity index is 1.85. The van der Waals surface area contributed by atoms with Gasteiger partial charge in [0.2, 0.25) is 11.3 Å². The summed E-state index contributed by atoms with van der Waals surface area (Å²) in [6.07, 6.45) is 3.88. The summed E-state index contributed by atoms with van der Waals surface area (Å²) in [5.41, 5.74) is -0.230. The topological polar surface area (TPSA) is 112 Å². The van der Waals surface area contributed by atoms with Crippen LogP contribution in [-0.4, -0.2) is 32.6 Å². The molecule has 1 amide bonds. The Morgan fingerprint density at radius 2 is 2.12 bits per heavy atom. The summed E-state index contributed by atoms with van der Waals surface area (Å²) in [4.78, 5) is 35.7. The molecule has 0 unspecified atom stereocenters. The first-order valence-electron chi connectivity index (χ1n) is 10.9. The monoisotopic (exact) mass is 570 g/mol. The van der Waals surface area contributed by atoms with Crippen LogP contribution in [0, 0.1) is 10.1 Å². The highest BCUT2D eigenvalue weighted by Gasteiger charge is 2.39. The Hall–Kier alpha value is -2.24. The minimum Gasteiger partial charge on any atom is -0.467 e. The van der Waals surface area contributed by atoms with Gasteiger partial charge in [-0.05, 0) is 73.3 Å². The molecule has 182 valence electrons. The van der Waals surface area contributed by atoms with Crippen LogP contribution in [0.4, 0.5) is 10.6 Å². The van der Waals surface area contributed by atoms with Crippen LogP contribution in [0.25, 0.3) is 10.2 Å². The first kappa shape index (κ1) is 24.9. The second-order valence-electron chi connectivity index (χ2n) is 9.16. The molecule has 0 spiro atoms.